The summed E-state index contributed by atoms with van der Waals surface area (Å²) in [5.41, 5.74) is 0. The molecule has 4 N–H and O–H groups in total. The molecule has 2 radical (unpaired) electrons. The summed E-state index contributed by atoms with van der Waals surface area (Å²) >= 11 is 0. The Morgan fingerprint density at radius 1 is 1.00 bits per heavy atom. The summed E-state index contributed by atoms with van der Waals surface area (Å²) in [5, 5.41) is 21.5. The molecule has 4 nitrogen and oxygen atoms in total. The van der Waals surface area contributed by atoms with Crippen molar-refractivity contribution in [1.82, 2.24) is 0 Å². The van der Waals surface area contributed by atoms with Crippen LogP contribution in [0.15, 0.2) is 0 Å². The van der Waals surface area contributed by atoms with E-state index in [2.05, 4.69) is 0 Å². The number of hydrogen-bond acceptors (Lipinski definition) is 4. The molecule has 0 aromatic heterocycles. The quantitative estimate of drug-likeness (QED) is 0.405. The first-order valence-electron chi connectivity index (χ1n) is 0.775. The average molecular weight is 254 g/mol. The maximum Gasteiger partial charge on any atom is 0 e. The monoisotopic (exact) mass is 254 g/mol. The van der Waals surface area contributed by atoms with Crippen LogP contribution in [-0.2, 0) is 58.6 Å². The Labute approximate surface area is 122 Å². The third-order valence-corrected chi connectivity index (χ3v) is 0. The van der Waals surface area contributed by atoms with Crippen molar-refractivity contribution in [3.05, 3.63) is 0 Å². The smallest absolute Gasteiger partial charge is 0 e. The number of rotatable bonds is 0. The summed E-state index contributed by atoms with van der Waals surface area (Å²) in [6.45, 7) is 0. The Kier molecular flexibility index (Phi) is 85.3. The molecule has 0 amide bonds. The molecule has 0 bridgehead atoms. The molecule has 0 unspecified atom stereocenters. The third kappa shape index (κ3) is 61.4. The van der Waals surface area contributed by atoms with Gasteiger partial charge in [0, 0.05) is 58.6 Å². The minimum atomic E-state index is -2.17. The molecule has 0 saturated heterocycles. The largest absolute Gasteiger partial charge is 0.870 e. The zero-order valence-corrected chi connectivity index (χ0v) is 12.3. The second kappa shape index (κ2) is 22.5. The molecule has 8 heteroatoms. The fraction of sp³-hybridized carbons (Fsp3) is 0. The van der Waals surface area contributed by atoms with Gasteiger partial charge in [0.05, 0.1) is 0 Å². The molecule has 0 aromatic rings. The molecule has 0 atom stereocenters. The minimum Gasteiger partial charge on any atom is -0.870 e. The van der Waals surface area contributed by atoms with Crippen molar-refractivity contribution in [2.75, 3.05) is 0 Å². The Morgan fingerprint density at radius 3 is 1.00 bits per heavy atom. The predicted molar refractivity (Wildman–Crippen MR) is 21.5 cm³/mol. The summed E-state index contributed by atoms with van der Waals surface area (Å²) < 4.78 is 0. The average Bonchev–Trinajstić information content (AvgIpc) is 0.811. The van der Waals surface area contributed by atoms with E-state index in [1.165, 1.54) is 0 Å². The van der Waals surface area contributed by atoms with Gasteiger partial charge in [-0.25, -0.2) is 0 Å². The molecule has 0 aliphatic heterocycles. The zero-order chi connectivity index (χ0) is 3.58. The maximum atomic E-state index is 7.17. The van der Waals surface area contributed by atoms with Gasteiger partial charge in [0.2, 0.25) is 0 Å². The molecular formula is H5BCaO4ScY. The van der Waals surface area contributed by atoms with Crippen LogP contribution in [0.4, 0.5) is 0 Å². The minimum absolute atomic E-state index is 0. The van der Waals surface area contributed by atoms with Gasteiger partial charge in [-0.2, -0.15) is 0 Å². The predicted octanol–water partition coefficient (Wildman–Crippen LogP) is -2.88. The van der Waals surface area contributed by atoms with Crippen LogP contribution >= 0.6 is 0 Å². The van der Waals surface area contributed by atoms with E-state index in [0.717, 1.165) is 0 Å². The van der Waals surface area contributed by atoms with E-state index in [9.17, 15) is 0 Å². The van der Waals surface area contributed by atoms with Crippen molar-refractivity contribution in [2.24, 2.45) is 0 Å². The van der Waals surface area contributed by atoms with Gasteiger partial charge in [0.25, 0.3) is 0 Å². The molecule has 0 spiro atoms. The molecule has 0 fully saturated rings. The van der Waals surface area contributed by atoms with Crippen molar-refractivity contribution < 1.29 is 79.1 Å². The first-order chi connectivity index (χ1) is 1.73. The topological polar surface area (TPSA) is 90.7 Å². The van der Waals surface area contributed by atoms with Gasteiger partial charge < -0.3 is 20.5 Å². The fourth-order valence-corrected chi connectivity index (χ4v) is 0. The van der Waals surface area contributed by atoms with Crippen LogP contribution in [0.25, 0.3) is 0 Å². The summed E-state index contributed by atoms with van der Waals surface area (Å²) in [5.74, 6) is 0. The van der Waals surface area contributed by atoms with Crippen LogP contribution in [0, 0.1) is 0 Å². The standard InChI is InChI=1S/BH3O3.Ca.H2O.Sc.Y.H/c2-1(3)4;;;;;/h2-4H;;1H2;;;/q;+1;;;;/p-1. The first kappa shape index (κ1) is 30.4. The second-order valence-corrected chi connectivity index (χ2v) is 0.346. The molecule has 0 aromatic carbocycles. The zero-order valence-electron chi connectivity index (χ0n) is 4.52. The maximum absolute atomic E-state index is 7.17. The van der Waals surface area contributed by atoms with Crippen molar-refractivity contribution in [1.29, 1.82) is 0 Å². The Balaban J connectivity index is -0.00000000750. The molecular weight excluding hydrogens is 249 g/mol. The van der Waals surface area contributed by atoms with Crippen molar-refractivity contribution >= 4 is 45.1 Å². The molecule has 40 valence electrons. The van der Waals surface area contributed by atoms with Gasteiger partial charge in [0.15, 0.2) is 0 Å². The second-order valence-electron chi connectivity index (χ2n) is 0.346. The molecule has 0 rings (SSSR count). The van der Waals surface area contributed by atoms with Crippen LogP contribution in [0.3, 0.4) is 0 Å². The Morgan fingerprint density at radius 2 is 1.00 bits per heavy atom. The van der Waals surface area contributed by atoms with E-state index in [1.807, 2.05) is 0 Å². The van der Waals surface area contributed by atoms with E-state index in [0.29, 0.717) is 0 Å². The van der Waals surface area contributed by atoms with Crippen LogP contribution in [0.5, 0.6) is 0 Å². The van der Waals surface area contributed by atoms with Gasteiger partial charge in [-0.1, -0.05) is 0 Å². The van der Waals surface area contributed by atoms with Gasteiger partial charge in [-0.3, -0.25) is 0 Å². The van der Waals surface area contributed by atoms with Crippen molar-refractivity contribution in [3.8, 4) is 0 Å². The summed E-state index contributed by atoms with van der Waals surface area (Å²) in [4.78, 5) is 0. The van der Waals surface area contributed by atoms with Crippen LogP contribution in [-0.4, -0.2) is 65.6 Å². The van der Waals surface area contributed by atoms with Gasteiger partial charge in [-0.05, 0) is 0 Å². The molecule has 0 saturated carbocycles. The van der Waals surface area contributed by atoms with Crippen LogP contribution in [0.1, 0.15) is 0 Å². The molecule has 8 heavy (non-hydrogen) atoms. The Hall–Kier alpha value is 3.14. The van der Waals surface area contributed by atoms with Crippen molar-refractivity contribution in [2.45, 2.75) is 0 Å². The molecule has 0 heterocycles. The van der Waals surface area contributed by atoms with E-state index in [-0.39, 0.29) is 102 Å². The van der Waals surface area contributed by atoms with E-state index in [1.54, 1.807) is 0 Å². The van der Waals surface area contributed by atoms with Gasteiger partial charge >= 0.3 is 45.1 Å². The summed E-state index contributed by atoms with van der Waals surface area (Å²) in [7, 11) is -2.17. The third-order valence-electron chi connectivity index (χ3n) is 0. The van der Waals surface area contributed by atoms with E-state index >= 15 is 0 Å². The van der Waals surface area contributed by atoms with Crippen molar-refractivity contribution in [3.63, 3.8) is 0 Å². The molecule has 0 aliphatic rings. The van der Waals surface area contributed by atoms with E-state index in [4.69, 9.17) is 15.1 Å². The summed E-state index contributed by atoms with van der Waals surface area (Å²) in [6, 6.07) is 0. The van der Waals surface area contributed by atoms with Crippen LogP contribution < -0.4 is 0 Å². The number of hydrogen-bond donors (Lipinski definition) is 3. The Bertz CT molecular complexity index is 20.8. The van der Waals surface area contributed by atoms with Gasteiger partial charge in [-0.15, -0.1) is 0 Å². The summed E-state index contributed by atoms with van der Waals surface area (Å²) in [6.07, 6.45) is 0. The normalized spacial score (nSPS) is 3.38. The van der Waals surface area contributed by atoms with Gasteiger partial charge in [0.1, 0.15) is 0 Å². The first-order valence-corrected chi connectivity index (χ1v) is 0.775. The van der Waals surface area contributed by atoms with Crippen LogP contribution in [0.2, 0.25) is 0 Å². The molecule has 0 aliphatic carbocycles. The fourth-order valence-electron chi connectivity index (χ4n) is 0. The SMILES string of the molecule is OB(O)O.[CaH+].[OH-].[Sc].[Y]. The van der Waals surface area contributed by atoms with E-state index < -0.39 is 7.32 Å².